The molecule has 1 atom stereocenters. The number of hydrogen-bond acceptors (Lipinski definition) is 3. The Morgan fingerprint density at radius 3 is 2.36 bits per heavy atom. The number of nitrogens with zero attached hydrogens (tertiary/aromatic N) is 2. The summed E-state index contributed by atoms with van der Waals surface area (Å²) in [6.07, 6.45) is 5.41. The molecule has 4 rings (SSSR count). The van der Waals surface area contributed by atoms with E-state index >= 15 is 0 Å². The second-order valence-electron chi connectivity index (χ2n) is 7.57. The molecule has 1 fully saturated rings. The third kappa shape index (κ3) is 4.49. The molecule has 0 saturated heterocycles. The van der Waals surface area contributed by atoms with E-state index in [1.54, 1.807) is 17.1 Å². The van der Waals surface area contributed by atoms with E-state index in [2.05, 4.69) is 22.5 Å². The number of carbonyl (C=O) groups excluding carboxylic acids is 1. The maximum absolute atomic E-state index is 12.8. The summed E-state index contributed by atoms with van der Waals surface area (Å²) in [6, 6.07) is 20.2. The van der Waals surface area contributed by atoms with Crippen molar-refractivity contribution in [3.05, 3.63) is 89.7 Å². The third-order valence-electron chi connectivity index (χ3n) is 5.42. The smallest absolute Gasteiger partial charge is 0.254 e. The molecule has 2 aromatic carbocycles. The topological polar surface area (TPSA) is 67.2 Å². The van der Waals surface area contributed by atoms with Crippen molar-refractivity contribution < 1.29 is 9.90 Å². The van der Waals surface area contributed by atoms with Gasteiger partial charge in [-0.2, -0.15) is 5.10 Å². The highest BCUT2D eigenvalue weighted by molar-refractivity contribution is 5.93. The molecule has 0 radical (unpaired) electrons. The molecule has 1 amide bonds. The van der Waals surface area contributed by atoms with E-state index in [1.165, 1.54) is 5.56 Å². The molecule has 144 valence electrons. The summed E-state index contributed by atoms with van der Waals surface area (Å²) in [5.41, 5.74) is 2.89. The first-order chi connectivity index (χ1) is 13.7. The van der Waals surface area contributed by atoms with Crippen molar-refractivity contribution in [2.24, 2.45) is 5.92 Å². The normalized spacial score (nSPS) is 19.6. The van der Waals surface area contributed by atoms with Crippen LogP contribution in [0.3, 0.4) is 0 Å². The molecule has 1 aliphatic carbocycles. The molecular formula is C23H25N3O2. The molecule has 5 nitrogen and oxygen atoms in total. The van der Waals surface area contributed by atoms with Crippen LogP contribution < -0.4 is 5.32 Å². The first kappa shape index (κ1) is 18.4. The van der Waals surface area contributed by atoms with Gasteiger partial charge in [0.25, 0.3) is 5.91 Å². The van der Waals surface area contributed by atoms with E-state index in [9.17, 15) is 9.90 Å². The second kappa shape index (κ2) is 8.40. The Morgan fingerprint density at radius 1 is 1.07 bits per heavy atom. The predicted octanol–water partition coefficient (Wildman–Crippen LogP) is 3.04. The molecule has 0 bridgehead atoms. The van der Waals surface area contributed by atoms with Crippen LogP contribution in [0, 0.1) is 5.92 Å². The van der Waals surface area contributed by atoms with Crippen LogP contribution in [-0.4, -0.2) is 32.9 Å². The lowest BCUT2D eigenvalue weighted by molar-refractivity contribution is 0.0239. The van der Waals surface area contributed by atoms with E-state index in [-0.39, 0.29) is 18.1 Å². The van der Waals surface area contributed by atoms with Crippen molar-refractivity contribution in [1.29, 1.82) is 0 Å². The van der Waals surface area contributed by atoms with Crippen molar-refractivity contribution >= 4 is 5.91 Å². The fraction of sp³-hybridized carbons (Fsp3) is 0.304. The lowest BCUT2D eigenvalue weighted by atomic mass is 9.75. The number of carbonyl (C=O) groups is 1. The van der Waals surface area contributed by atoms with Gasteiger partial charge >= 0.3 is 0 Å². The Hall–Kier alpha value is -2.92. The first-order valence-corrected chi connectivity index (χ1v) is 9.76. The fourth-order valence-electron chi connectivity index (χ4n) is 3.75. The standard InChI is InChI=1S/C23H25N3O2/c27-21-12-19(13-21)22(11-17-7-3-1-4-8-17)25-23(28)20-14-24-26(16-20)15-18-9-5-2-6-10-18/h1-10,14,16,19,21-22,27H,11-13,15H2,(H,25,28). The van der Waals surface area contributed by atoms with Crippen molar-refractivity contribution in [1.82, 2.24) is 15.1 Å². The highest BCUT2D eigenvalue weighted by atomic mass is 16.3. The Morgan fingerprint density at radius 2 is 1.71 bits per heavy atom. The molecule has 5 heteroatoms. The van der Waals surface area contributed by atoms with E-state index < -0.39 is 0 Å². The molecule has 2 N–H and O–H groups in total. The highest BCUT2D eigenvalue weighted by Crippen LogP contribution is 2.32. The number of benzene rings is 2. The van der Waals surface area contributed by atoms with Crippen molar-refractivity contribution in [3.8, 4) is 0 Å². The average Bonchev–Trinajstić information content (AvgIpc) is 3.15. The second-order valence-corrected chi connectivity index (χ2v) is 7.57. The molecule has 28 heavy (non-hydrogen) atoms. The summed E-state index contributed by atoms with van der Waals surface area (Å²) in [6.45, 7) is 0.635. The van der Waals surface area contributed by atoms with Crippen LogP contribution in [0.5, 0.6) is 0 Å². The third-order valence-corrected chi connectivity index (χ3v) is 5.42. The van der Waals surface area contributed by atoms with Gasteiger partial charge in [0, 0.05) is 12.2 Å². The number of nitrogens with one attached hydrogen (secondary N) is 1. The minimum absolute atomic E-state index is 0.00998. The Bertz CT molecular complexity index is 902. The van der Waals surface area contributed by atoms with Crippen LogP contribution in [0.1, 0.15) is 34.3 Å². The molecule has 0 aliphatic heterocycles. The van der Waals surface area contributed by atoms with Crippen molar-refractivity contribution in [2.45, 2.75) is 38.0 Å². The highest BCUT2D eigenvalue weighted by Gasteiger charge is 2.35. The number of rotatable bonds is 7. The summed E-state index contributed by atoms with van der Waals surface area (Å²) in [4.78, 5) is 12.8. The summed E-state index contributed by atoms with van der Waals surface area (Å²) in [5.74, 6) is 0.195. The van der Waals surface area contributed by atoms with Crippen LogP contribution in [0.25, 0.3) is 0 Å². The van der Waals surface area contributed by atoms with Crippen LogP contribution >= 0.6 is 0 Å². The summed E-state index contributed by atoms with van der Waals surface area (Å²) < 4.78 is 1.78. The number of aliphatic hydroxyl groups is 1. The van der Waals surface area contributed by atoms with E-state index in [1.807, 2.05) is 48.5 Å². The zero-order valence-electron chi connectivity index (χ0n) is 15.7. The maximum Gasteiger partial charge on any atom is 0.254 e. The molecule has 3 aromatic rings. The minimum Gasteiger partial charge on any atom is -0.393 e. The van der Waals surface area contributed by atoms with Gasteiger partial charge in [-0.05, 0) is 36.3 Å². The van der Waals surface area contributed by atoms with Crippen LogP contribution in [0.2, 0.25) is 0 Å². The number of hydrogen-bond donors (Lipinski definition) is 2. The first-order valence-electron chi connectivity index (χ1n) is 9.76. The van der Waals surface area contributed by atoms with E-state index in [0.717, 1.165) is 24.8 Å². The lowest BCUT2D eigenvalue weighted by Gasteiger charge is -2.38. The summed E-state index contributed by atoms with van der Waals surface area (Å²) in [7, 11) is 0. The van der Waals surface area contributed by atoms with Gasteiger partial charge in [0.15, 0.2) is 0 Å². The molecule has 1 aromatic heterocycles. The van der Waals surface area contributed by atoms with Crippen LogP contribution in [-0.2, 0) is 13.0 Å². The fourth-order valence-corrected chi connectivity index (χ4v) is 3.75. The number of aliphatic hydroxyl groups excluding tert-OH is 1. The quantitative estimate of drug-likeness (QED) is 0.667. The van der Waals surface area contributed by atoms with Crippen molar-refractivity contribution in [2.75, 3.05) is 0 Å². The predicted molar refractivity (Wildman–Crippen MR) is 108 cm³/mol. The Kier molecular flexibility index (Phi) is 5.53. The van der Waals surface area contributed by atoms with Crippen LogP contribution in [0.4, 0.5) is 0 Å². The molecule has 1 saturated carbocycles. The van der Waals surface area contributed by atoms with Crippen LogP contribution in [0.15, 0.2) is 73.1 Å². The van der Waals surface area contributed by atoms with Gasteiger partial charge in [-0.25, -0.2) is 0 Å². The molecule has 1 aliphatic rings. The largest absolute Gasteiger partial charge is 0.393 e. The number of aromatic nitrogens is 2. The van der Waals surface area contributed by atoms with E-state index in [0.29, 0.717) is 18.0 Å². The monoisotopic (exact) mass is 375 g/mol. The maximum atomic E-state index is 12.8. The SMILES string of the molecule is O=C(NC(Cc1ccccc1)C1CC(O)C1)c1cnn(Cc2ccccc2)c1. The molecule has 1 heterocycles. The lowest BCUT2D eigenvalue weighted by Crippen LogP contribution is -2.48. The Labute approximate surface area is 165 Å². The average molecular weight is 375 g/mol. The van der Waals surface area contributed by atoms with Gasteiger partial charge in [0.2, 0.25) is 0 Å². The molecular weight excluding hydrogens is 350 g/mol. The number of amides is 1. The van der Waals surface area contributed by atoms with Gasteiger partial charge < -0.3 is 10.4 Å². The van der Waals surface area contributed by atoms with Gasteiger partial charge in [0.05, 0.1) is 24.4 Å². The molecule has 0 spiro atoms. The van der Waals surface area contributed by atoms with Gasteiger partial charge in [-0.15, -0.1) is 0 Å². The Balaban J connectivity index is 1.42. The molecule has 1 unspecified atom stereocenters. The van der Waals surface area contributed by atoms with Gasteiger partial charge in [0.1, 0.15) is 0 Å². The van der Waals surface area contributed by atoms with Crippen molar-refractivity contribution in [3.63, 3.8) is 0 Å². The summed E-state index contributed by atoms with van der Waals surface area (Å²) >= 11 is 0. The summed E-state index contributed by atoms with van der Waals surface area (Å²) in [5, 5.41) is 17.2. The van der Waals surface area contributed by atoms with E-state index in [4.69, 9.17) is 0 Å². The van der Waals surface area contributed by atoms with Gasteiger partial charge in [-0.3, -0.25) is 9.48 Å². The zero-order valence-corrected chi connectivity index (χ0v) is 15.7. The van der Waals surface area contributed by atoms with Gasteiger partial charge in [-0.1, -0.05) is 60.7 Å². The zero-order chi connectivity index (χ0) is 19.3. The minimum atomic E-state index is -0.242.